The number of hydrogen-bond donors (Lipinski definition) is 3. The van der Waals surface area contributed by atoms with E-state index in [0.29, 0.717) is 12.1 Å². The molecule has 0 fully saturated rings. The summed E-state index contributed by atoms with van der Waals surface area (Å²) in [5.41, 5.74) is -4.48. The van der Waals surface area contributed by atoms with Crippen molar-refractivity contribution in [1.82, 2.24) is 0 Å². The molecule has 0 aliphatic rings. The number of hydrogen-bond acceptors (Lipinski definition) is 3. The van der Waals surface area contributed by atoms with Crippen molar-refractivity contribution in [3.63, 3.8) is 0 Å². The van der Waals surface area contributed by atoms with Crippen LogP contribution in [0.3, 0.4) is 0 Å². The Morgan fingerprint density at radius 3 is 2.09 bits per heavy atom. The van der Waals surface area contributed by atoms with Crippen molar-refractivity contribution in [1.29, 1.82) is 0 Å². The van der Waals surface area contributed by atoms with Crippen LogP contribution in [0.1, 0.15) is 18.1 Å². The van der Waals surface area contributed by atoms with E-state index in [1.54, 1.807) is 0 Å². The Balaban J connectivity index is 3.72. The van der Waals surface area contributed by atoms with Crippen LogP contribution < -0.4 is 10.8 Å². The quantitative estimate of drug-likeness (QED) is 0.321. The van der Waals surface area contributed by atoms with Crippen molar-refractivity contribution in [3.05, 3.63) is 35.4 Å². The Morgan fingerprint density at radius 2 is 1.74 bits per heavy atom. The fourth-order valence-corrected chi connectivity index (χ4v) is 2.02. The number of carbonyl (C=O) groups excluding carboxylic acids is 1. The molecule has 23 heavy (non-hydrogen) atoms. The minimum absolute atomic E-state index is 0.108. The molecule has 1 aromatic carbocycles. The van der Waals surface area contributed by atoms with Crippen molar-refractivity contribution in [2.24, 2.45) is 0 Å². The average Bonchev–Trinajstić information content (AvgIpc) is 2.34. The predicted octanol–water partition coefficient (Wildman–Crippen LogP) is 2.46. The van der Waals surface area contributed by atoms with Gasteiger partial charge in [-0.1, -0.05) is 12.6 Å². The summed E-state index contributed by atoms with van der Waals surface area (Å²) in [6.07, 6.45) is 0. The van der Waals surface area contributed by atoms with E-state index in [0.717, 1.165) is 0 Å². The summed E-state index contributed by atoms with van der Waals surface area (Å²) in [5, 5.41) is 11.5. The maximum absolute atomic E-state index is 13.6. The summed E-state index contributed by atoms with van der Waals surface area (Å²) < 4.78 is 54.0. The SMILES string of the molecule is C=C(C)C(=O)Nc1cc(B(O)O)cc(C(F)(F)Cl)c1C(F)(F)Cl. The van der Waals surface area contributed by atoms with Gasteiger partial charge in [0.15, 0.2) is 0 Å². The third-order valence-corrected chi connectivity index (χ3v) is 3.08. The van der Waals surface area contributed by atoms with Crippen LogP contribution in [0.2, 0.25) is 0 Å². The normalized spacial score (nSPS) is 12.0. The molecule has 0 unspecified atom stereocenters. The summed E-state index contributed by atoms with van der Waals surface area (Å²) in [4.78, 5) is 11.6. The van der Waals surface area contributed by atoms with Crippen molar-refractivity contribution >= 4 is 47.4 Å². The van der Waals surface area contributed by atoms with Crippen LogP contribution in [0.15, 0.2) is 24.3 Å². The highest BCUT2D eigenvalue weighted by atomic mass is 35.5. The largest absolute Gasteiger partial charge is 0.488 e. The lowest BCUT2D eigenvalue weighted by Gasteiger charge is -2.22. The van der Waals surface area contributed by atoms with E-state index in [4.69, 9.17) is 33.2 Å². The number of anilines is 1. The van der Waals surface area contributed by atoms with Crippen LogP contribution >= 0.6 is 23.2 Å². The highest BCUT2D eigenvalue weighted by Crippen LogP contribution is 2.45. The van der Waals surface area contributed by atoms with E-state index in [1.807, 2.05) is 5.32 Å². The number of carbonyl (C=O) groups is 1. The van der Waals surface area contributed by atoms with Crippen molar-refractivity contribution in [3.8, 4) is 0 Å². The van der Waals surface area contributed by atoms with Crippen molar-refractivity contribution < 1.29 is 32.4 Å². The van der Waals surface area contributed by atoms with Gasteiger partial charge in [-0.25, -0.2) is 0 Å². The van der Waals surface area contributed by atoms with Crippen LogP contribution in [0.25, 0.3) is 0 Å². The van der Waals surface area contributed by atoms with Crippen molar-refractivity contribution in [2.75, 3.05) is 5.32 Å². The van der Waals surface area contributed by atoms with Gasteiger partial charge < -0.3 is 15.4 Å². The topological polar surface area (TPSA) is 69.6 Å². The first-order valence-electron chi connectivity index (χ1n) is 5.90. The van der Waals surface area contributed by atoms with Crippen LogP contribution in [0, 0.1) is 0 Å². The molecule has 11 heteroatoms. The summed E-state index contributed by atoms with van der Waals surface area (Å²) in [6.45, 7) is 4.51. The Labute approximate surface area is 138 Å². The maximum Gasteiger partial charge on any atom is 0.488 e. The van der Waals surface area contributed by atoms with Gasteiger partial charge in [-0.2, -0.15) is 17.6 Å². The smallest absolute Gasteiger partial charge is 0.423 e. The lowest BCUT2D eigenvalue weighted by Crippen LogP contribution is -2.33. The molecule has 0 aromatic heterocycles. The van der Waals surface area contributed by atoms with Crippen LogP contribution in [-0.4, -0.2) is 23.1 Å². The third-order valence-electron chi connectivity index (χ3n) is 2.68. The molecular weight excluding hydrogens is 364 g/mol. The van der Waals surface area contributed by atoms with E-state index in [2.05, 4.69) is 6.58 Å². The second kappa shape index (κ2) is 6.68. The number of benzene rings is 1. The molecule has 126 valence electrons. The molecule has 1 aromatic rings. The minimum Gasteiger partial charge on any atom is -0.423 e. The first-order valence-corrected chi connectivity index (χ1v) is 6.66. The lowest BCUT2D eigenvalue weighted by atomic mass is 9.78. The molecule has 0 atom stereocenters. The monoisotopic (exact) mass is 373 g/mol. The van der Waals surface area contributed by atoms with Gasteiger partial charge in [-0.05, 0) is 41.7 Å². The molecule has 0 radical (unpaired) electrons. The highest BCUT2D eigenvalue weighted by molar-refractivity contribution is 6.58. The summed E-state index contributed by atoms with van der Waals surface area (Å²) in [6, 6.07) is 1.03. The predicted molar refractivity (Wildman–Crippen MR) is 79.2 cm³/mol. The number of halogens is 6. The first-order chi connectivity index (χ1) is 10.2. The lowest BCUT2D eigenvalue weighted by molar-refractivity contribution is -0.112. The molecule has 0 aliphatic carbocycles. The first kappa shape index (κ1) is 19.8. The average molecular weight is 374 g/mol. The molecule has 0 heterocycles. The Kier molecular flexibility index (Phi) is 5.74. The molecule has 0 saturated heterocycles. The van der Waals surface area contributed by atoms with Crippen LogP contribution in [0.4, 0.5) is 23.2 Å². The van der Waals surface area contributed by atoms with Crippen LogP contribution in [0.5, 0.6) is 0 Å². The van der Waals surface area contributed by atoms with E-state index in [9.17, 15) is 22.4 Å². The highest BCUT2D eigenvalue weighted by Gasteiger charge is 2.43. The van der Waals surface area contributed by atoms with E-state index >= 15 is 0 Å². The summed E-state index contributed by atoms with van der Waals surface area (Å²) >= 11 is 9.64. The molecule has 1 rings (SSSR count). The number of amides is 1. The Morgan fingerprint density at radius 1 is 1.22 bits per heavy atom. The second-order valence-corrected chi connectivity index (χ2v) is 5.54. The van der Waals surface area contributed by atoms with Gasteiger partial charge in [0, 0.05) is 11.1 Å². The molecular formula is C12H10BCl2F4NO3. The van der Waals surface area contributed by atoms with Gasteiger partial charge in [-0.15, -0.1) is 0 Å². The van der Waals surface area contributed by atoms with E-state index in [1.165, 1.54) is 6.92 Å². The molecule has 4 nitrogen and oxygen atoms in total. The number of rotatable bonds is 5. The summed E-state index contributed by atoms with van der Waals surface area (Å²) in [7, 11) is -2.27. The standard InChI is InChI=1S/C12H10BCl2F4NO3/c1-5(2)10(21)20-8-4-6(13(22)23)3-7(11(14,16)17)9(8)12(15,18)19/h3-4,22-23H,1H2,2H3,(H,20,21). The minimum atomic E-state index is -4.32. The second-order valence-electron chi connectivity index (χ2n) is 4.59. The fourth-order valence-electron chi connectivity index (χ4n) is 1.67. The van der Waals surface area contributed by atoms with Crippen LogP contribution in [-0.2, 0) is 15.6 Å². The molecule has 0 saturated carbocycles. The van der Waals surface area contributed by atoms with Gasteiger partial charge in [-0.3, -0.25) is 4.79 Å². The van der Waals surface area contributed by atoms with Gasteiger partial charge in [0.05, 0.1) is 11.3 Å². The zero-order chi connectivity index (χ0) is 18.2. The number of alkyl halides is 6. The molecule has 1 amide bonds. The zero-order valence-corrected chi connectivity index (χ0v) is 13.0. The molecule has 0 spiro atoms. The van der Waals surface area contributed by atoms with Gasteiger partial charge in [0.2, 0.25) is 0 Å². The Hall–Kier alpha value is -1.29. The Bertz CT molecular complexity index is 644. The van der Waals surface area contributed by atoms with E-state index < -0.39 is 46.1 Å². The molecule has 3 N–H and O–H groups in total. The number of nitrogens with one attached hydrogen (secondary N) is 1. The van der Waals surface area contributed by atoms with Gasteiger partial charge >= 0.3 is 17.9 Å². The zero-order valence-electron chi connectivity index (χ0n) is 11.5. The van der Waals surface area contributed by atoms with E-state index in [-0.39, 0.29) is 5.57 Å². The molecule has 0 aliphatic heterocycles. The van der Waals surface area contributed by atoms with Gasteiger partial charge in [0.1, 0.15) is 0 Å². The van der Waals surface area contributed by atoms with Gasteiger partial charge in [0.25, 0.3) is 5.91 Å². The summed E-state index contributed by atoms with van der Waals surface area (Å²) in [5.74, 6) is -0.958. The molecule has 0 bridgehead atoms. The maximum atomic E-state index is 13.6. The fraction of sp³-hybridized carbons (Fsp3) is 0.250. The van der Waals surface area contributed by atoms with Crippen molar-refractivity contribution in [2.45, 2.75) is 17.7 Å². The third kappa shape index (κ3) is 4.84.